The average molecular weight is 332 g/mol. The first kappa shape index (κ1) is 18.9. The summed E-state index contributed by atoms with van der Waals surface area (Å²) in [7, 11) is 1.23. The molecule has 130 valence electrons. The van der Waals surface area contributed by atoms with E-state index in [1.165, 1.54) is 14.0 Å². The minimum absolute atomic E-state index is 0.00293. The van der Waals surface area contributed by atoms with Gasteiger partial charge in [-0.1, -0.05) is 0 Å². The van der Waals surface area contributed by atoms with Crippen LogP contribution >= 0.6 is 0 Å². The number of hydrogen-bond donors (Lipinski definition) is 6. The number of aliphatic hydroxyl groups excluding tert-OH is 2. The Labute approximate surface area is 131 Å². The first-order valence-corrected chi connectivity index (χ1v) is 6.70. The highest BCUT2D eigenvalue weighted by Crippen LogP contribution is 2.31. The van der Waals surface area contributed by atoms with E-state index in [9.17, 15) is 24.9 Å². The molecule has 0 spiro atoms. The minimum Gasteiger partial charge on any atom is -0.493 e. The van der Waals surface area contributed by atoms with Crippen molar-refractivity contribution in [3.05, 3.63) is 11.5 Å². The van der Waals surface area contributed by atoms with Crippen molar-refractivity contribution in [1.82, 2.24) is 5.32 Å². The maximum absolute atomic E-state index is 11.0. The number of aliphatic hydroxyl groups is 3. The fourth-order valence-electron chi connectivity index (χ4n) is 2.12. The van der Waals surface area contributed by atoms with E-state index in [0.717, 1.165) is 0 Å². The van der Waals surface area contributed by atoms with Gasteiger partial charge in [-0.2, -0.15) is 0 Å². The summed E-state index contributed by atoms with van der Waals surface area (Å²) in [5.74, 6) is -2.51. The van der Waals surface area contributed by atoms with Crippen molar-refractivity contribution in [2.75, 3.05) is 20.3 Å². The zero-order valence-electron chi connectivity index (χ0n) is 12.7. The van der Waals surface area contributed by atoms with Gasteiger partial charge in [-0.3, -0.25) is 14.6 Å². The van der Waals surface area contributed by atoms with Gasteiger partial charge in [0.1, 0.15) is 24.3 Å². The molecule has 10 heteroatoms. The summed E-state index contributed by atoms with van der Waals surface area (Å²) in [4.78, 5) is 25.4. The molecule has 0 saturated carbocycles. The third-order valence-corrected chi connectivity index (χ3v) is 3.39. The predicted molar refractivity (Wildman–Crippen MR) is 76.9 cm³/mol. The molecular weight excluding hydrogens is 312 g/mol. The van der Waals surface area contributed by atoms with Crippen LogP contribution in [0.3, 0.4) is 0 Å². The van der Waals surface area contributed by atoms with Gasteiger partial charge in [-0.05, 0) is 6.92 Å². The molecule has 0 aromatic carbocycles. The van der Waals surface area contributed by atoms with Crippen molar-refractivity contribution in [3.63, 3.8) is 0 Å². The van der Waals surface area contributed by atoms with Gasteiger partial charge in [-0.25, -0.2) is 0 Å². The van der Waals surface area contributed by atoms with E-state index in [2.05, 4.69) is 10.3 Å². The third kappa shape index (κ3) is 4.18. The number of aliphatic imine (C=N–C) groups is 1. The van der Waals surface area contributed by atoms with Gasteiger partial charge in [0.05, 0.1) is 25.1 Å². The summed E-state index contributed by atoms with van der Waals surface area (Å²) in [6, 6.07) is -1.13. The average Bonchev–Trinajstić information content (AvgIpc) is 2.49. The minimum atomic E-state index is -2.04. The molecule has 6 N–H and O–H groups in total. The fourth-order valence-corrected chi connectivity index (χ4v) is 2.12. The highest BCUT2D eigenvalue weighted by atomic mass is 16.5. The van der Waals surface area contributed by atoms with Gasteiger partial charge in [0.25, 0.3) is 0 Å². The lowest BCUT2D eigenvalue weighted by molar-refractivity contribution is -0.139. The van der Waals surface area contributed by atoms with Crippen LogP contribution in [-0.4, -0.2) is 81.2 Å². The quantitative estimate of drug-likeness (QED) is 0.306. The molecule has 0 bridgehead atoms. The van der Waals surface area contributed by atoms with Crippen LogP contribution in [0.25, 0.3) is 0 Å². The van der Waals surface area contributed by atoms with E-state index in [-0.39, 0.29) is 23.6 Å². The largest absolute Gasteiger partial charge is 0.493 e. The van der Waals surface area contributed by atoms with Crippen LogP contribution in [0, 0.1) is 0 Å². The van der Waals surface area contributed by atoms with Crippen molar-refractivity contribution in [1.29, 1.82) is 0 Å². The Morgan fingerprint density at radius 3 is 2.52 bits per heavy atom. The molecule has 0 aromatic heterocycles. The number of carboxylic acid groups (broad SMARTS) is 2. The van der Waals surface area contributed by atoms with E-state index in [0.29, 0.717) is 0 Å². The fraction of sp³-hybridized carbons (Fsp3) is 0.615. The number of hydrogen-bond acceptors (Lipinski definition) is 8. The Kier molecular flexibility index (Phi) is 6.07. The maximum Gasteiger partial charge on any atom is 0.325 e. The summed E-state index contributed by atoms with van der Waals surface area (Å²) in [6.07, 6.45) is -2.01. The van der Waals surface area contributed by atoms with Crippen LogP contribution in [0.15, 0.2) is 16.4 Å². The van der Waals surface area contributed by atoms with Crippen LogP contribution in [0.2, 0.25) is 0 Å². The van der Waals surface area contributed by atoms with Crippen LogP contribution in [0.5, 0.6) is 0 Å². The molecule has 0 aromatic rings. The van der Waals surface area contributed by atoms with Gasteiger partial charge in [0.15, 0.2) is 5.76 Å². The molecule has 1 rings (SSSR count). The standard InChI is InChI=1S/C13H20N2O8/c1-6(12(20)21)15-9-10(23-2)7(14-4-8(17)18)3-13(22,5-16)11(9)19/h6,11,15-16,19,22H,3-5H2,1-2H3,(H,17,18)(H,20,21)/t6-,11-,13+/m0/s1. The number of aliphatic carboxylic acids is 2. The van der Waals surface area contributed by atoms with Gasteiger partial charge >= 0.3 is 11.9 Å². The molecule has 23 heavy (non-hydrogen) atoms. The van der Waals surface area contributed by atoms with Crippen LogP contribution in [0.1, 0.15) is 13.3 Å². The summed E-state index contributed by atoms with van der Waals surface area (Å²) >= 11 is 0. The third-order valence-electron chi connectivity index (χ3n) is 3.39. The normalized spacial score (nSPS) is 27.7. The second-order valence-corrected chi connectivity index (χ2v) is 5.15. The highest BCUT2D eigenvalue weighted by Gasteiger charge is 2.46. The van der Waals surface area contributed by atoms with E-state index >= 15 is 0 Å². The topological polar surface area (TPSA) is 169 Å². The Bertz CT molecular complexity index is 544. The van der Waals surface area contributed by atoms with Crippen molar-refractivity contribution < 1.29 is 39.9 Å². The lowest BCUT2D eigenvalue weighted by Crippen LogP contribution is -2.56. The smallest absolute Gasteiger partial charge is 0.325 e. The summed E-state index contributed by atoms with van der Waals surface area (Å²) in [6.45, 7) is -0.151. The zero-order valence-corrected chi connectivity index (χ0v) is 12.7. The van der Waals surface area contributed by atoms with Crippen molar-refractivity contribution in [2.45, 2.75) is 31.1 Å². The molecular formula is C13H20N2O8. The summed E-state index contributed by atoms with van der Waals surface area (Å²) < 4.78 is 5.09. The van der Waals surface area contributed by atoms with E-state index in [1.807, 2.05) is 0 Å². The van der Waals surface area contributed by atoms with Crippen LogP contribution in [-0.2, 0) is 14.3 Å². The number of carboxylic acids is 2. The SMILES string of the molecule is COC1=C(N[C@@H](C)C(=O)O)[C@H](O)[C@](O)(CO)CC1=NCC(=O)O. The first-order valence-electron chi connectivity index (χ1n) is 6.70. The molecule has 0 saturated heterocycles. The number of ether oxygens (including phenoxy) is 1. The molecule has 0 radical (unpaired) electrons. The molecule has 3 atom stereocenters. The van der Waals surface area contributed by atoms with Crippen molar-refractivity contribution in [2.24, 2.45) is 4.99 Å². The summed E-state index contributed by atoms with van der Waals surface area (Å²) in [5.41, 5.74) is -2.23. The second kappa shape index (κ2) is 7.40. The Morgan fingerprint density at radius 1 is 1.48 bits per heavy atom. The van der Waals surface area contributed by atoms with Crippen LogP contribution in [0.4, 0.5) is 0 Å². The van der Waals surface area contributed by atoms with Gasteiger partial charge in [0.2, 0.25) is 0 Å². The Balaban J connectivity index is 3.35. The number of carbonyl (C=O) groups is 2. The van der Waals surface area contributed by atoms with Gasteiger partial charge < -0.3 is 35.6 Å². The molecule has 0 aliphatic heterocycles. The molecule has 0 heterocycles. The van der Waals surface area contributed by atoms with Gasteiger partial charge in [0, 0.05) is 6.42 Å². The lowest BCUT2D eigenvalue weighted by Gasteiger charge is -2.38. The van der Waals surface area contributed by atoms with E-state index < -0.39 is 42.8 Å². The molecule has 0 fully saturated rings. The molecule has 10 nitrogen and oxygen atoms in total. The second-order valence-electron chi connectivity index (χ2n) is 5.15. The lowest BCUT2D eigenvalue weighted by atomic mass is 9.82. The first-order chi connectivity index (χ1) is 10.7. The molecule has 0 amide bonds. The number of nitrogens with zero attached hydrogens (tertiary/aromatic N) is 1. The van der Waals surface area contributed by atoms with Gasteiger partial charge in [-0.15, -0.1) is 0 Å². The highest BCUT2D eigenvalue weighted by molar-refractivity contribution is 6.01. The zero-order chi connectivity index (χ0) is 17.8. The number of rotatable bonds is 7. The van der Waals surface area contributed by atoms with E-state index in [1.54, 1.807) is 0 Å². The van der Waals surface area contributed by atoms with Crippen molar-refractivity contribution >= 4 is 17.7 Å². The number of methoxy groups -OCH3 is 1. The molecule has 0 unspecified atom stereocenters. The van der Waals surface area contributed by atoms with E-state index in [4.69, 9.17) is 14.9 Å². The molecule has 1 aliphatic rings. The Morgan fingerprint density at radius 2 is 2.09 bits per heavy atom. The van der Waals surface area contributed by atoms with Crippen LogP contribution < -0.4 is 5.32 Å². The monoisotopic (exact) mass is 332 g/mol. The number of nitrogens with one attached hydrogen (secondary N) is 1. The predicted octanol–water partition coefficient (Wildman–Crippen LogP) is -2.08. The Hall–Kier alpha value is -2.17. The number of allylic oxidation sites excluding steroid dienone is 1. The summed E-state index contributed by atoms with van der Waals surface area (Å²) in [5, 5.41) is 50.1. The molecule has 1 aliphatic carbocycles. The maximum atomic E-state index is 11.0. The van der Waals surface area contributed by atoms with Crippen molar-refractivity contribution in [3.8, 4) is 0 Å².